The van der Waals surface area contributed by atoms with Gasteiger partial charge in [0.15, 0.2) is 11.6 Å². The number of hydrazine groups is 1. The molecule has 338 valence electrons. The number of pyridine rings is 1. The van der Waals surface area contributed by atoms with Crippen molar-refractivity contribution >= 4 is 58.3 Å². The second kappa shape index (κ2) is 20.2. The van der Waals surface area contributed by atoms with Crippen molar-refractivity contribution in [3.8, 4) is 5.75 Å². The number of nitrogens with zero attached hydrogens (tertiary/aromatic N) is 6. The first-order valence-corrected chi connectivity index (χ1v) is 21.4. The average Bonchev–Trinajstić information content (AvgIpc) is 3.31. The lowest BCUT2D eigenvalue weighted by atomic mass is 9.91. The molecular weight excluding hydrogens is 844 g/mol. The van der Waals surface area contributed by atoms with Gasteiger partial charge in [-0.15, -0.1) is 0 Å². The normalized spacial score (nSPS) is 17.3. The van der Waals surface area contributed by atoms with Crippen LogP contribution in [0.2, 0.25) is 0 Å². The molecule has 3 aliphatic rings. The fraction of sp³-hybridized carbons (Fsp3) is 0.326. The van der Waals surface area contributed by atoms with Crippen LogP contribution in [-0.2, 0) is 9.59 Å². The Labute approximate surface area is 372 Å². The number of piperazine rings is 1. The van der Waals surface area contributed by atoms with E-state index in [0.717, 1.165) is 64.2 Å². The number of methoxy groups -OCH3 is 1. The minimum Gasteiger partial charge on any atom is -0.497 e. The number of rotatable bonds is 14. The number of amides is 4. The Bertz CT molecular complexity index is 2530. The van der Waals surface area contributed by atoms with E-state index in [2.05, 4.69) is 51.4 Å². The minimum atomic E-state index is -0.720. The highest BCUT2D eigenvalue weighted by atomic mass is 19.1. The van der Waals surface area contributed by atoms with E-state index in [-0.39, 0.29) is 47.5 Å². The first kappa shape index (κ1) is 44.5. The average molecular weight is 892 g/mol. The predicted octanol–water partition coefficient (Wildman–Crippen LogP) is 6.13. The van der Waals surface area contributed by atoms with Gasteiger partial charge < -0.3 is 25.6 Å². The number of carbonyl (C=O) groups is 4. The highest BCUT2D eigenvalue weighted by molar-refractivity contribution is 6.04. The number of aromatic nitrogens is 3. The van der Waals surface area contributed by atoms with Crippen LogP contribution in [0.3, 0.4) is 0 Å². The monoisotopic (exact) mass is 891 g/mol. The molecule has 0 aliphatic carbocycles. The minimum absolute atomic E-state index is 0.0941. The molecule has 1 unspecified atom stereocenters. The van der Waals surface area contributed by atoms with E-state index in [1.807, 2.05) is 5.01 Å². The summed E-state index contributed by atoms with van der Waals surface area (Å²) in [5, 5.41) is 12.8. The van der Waals surface area contributed by atoms with Crippen molar-refractivity contribution in [3.05, 3.63) is 119 Å². The molecule has 3 saturated heterocycles. The van der Waals surface area contributed by atoms with Crippen LogP contribution in [0.4, 0.5) is 47.8 Å². The van der Waals surface area contributed by atoms with E-state index in [1.165, 1.54) is 31.5 Å². The Morgan fingerprint density at radius 2 is 1.48 bits per heavy atom. The summed E-state index contributed by atoms with van der Waals surface area (Å²) >= 11 is 0. The number of ether oxygens (including phenoxy) is 1. The van der Waals surface area contributed by atoms with Crippen LogP contribution >= 0.6 is 0 Å². The summed E-state index contributed by atoms with van der Waals surface area (Å²) in [5.74, 6) is -2.90. The summed E-state index contributed by atoms with van der Waals surface area (Å²) in [7, 11) is 1.40. The molecule has 2 aromatic heterocycles. The topological polar surface area (TPSA) is 186 Å². The molecule has 5 heterocycles. The fourth-order valence-electron chi connectivity index (χ4n) is 8.09. The molecule has 4 amide bonds. The number of anilines is 6. The summed E-state index contributed by atoms with van der Waals surface area (Å²) < 4.78 is 49.1. The number of hydrogen-bond donors (Lipinski definition) is 5. The fourth-order valence-corrected chi connectivity index (χ4v) is 8.09. The van der Waals surface area contributed by atoms with E-state index in [9.17, 15) is 28.0 Å². The van der Waals surface area contributed by atoms with Gasteiger partial charge in [-0.05, 0) is 98.8 Å². The number of benzene rings is 3. The number of piperidine rings is 2. The molecule has 16 nitrogen and oxygen atoms in total. The third-order valence-electron chi connectivity index (χ3n) is 11.9. The second-order valence-corrected chi connectivity index (χ2v) is 16.2. The summed E-state index contributed by atoms with van der Waals surface area (Å²) in [6, 6.07) is 18.5. The van der Waals surface area contributed by atoms with Gasteiger partial charge in [-0.25, -0.2) is 28.1 Å². The van der Waals surface area contributed by atoms with Gasteiger partial charge in [0.1, 0.15) is 23.2 Å². The van der Waals surface area contributed by atoms with Crippen molar-refractivity contribution in [1.29, 1.82) is 0 Å². The van der Waals surface area contributed by atoms with Gasteiger partial charge in [0.25, 0.3) is 11.8 Å². The Hall–Kier alpha value is -7.12. The van der Waals surface area contributed by atoms with Crippen molar-refractivity contribution in [2.75, 3.05) is 73.8 Å². The molecule has 8 rings (SSSR count). The molecule has 3 fully saturated rings. The Morgan fingerprint density at radius 3 is 2.17 bits per heavy atom. The van der Waals surface area contributed by atoms with Crippen molar-refractivity contribution < 1.29 is 37.1 Å². The maximum Gasteiger partial charge on any atom is 0.265 e. The zero-order chi connectivity index (χ0) is 45.5. The zero-order valence-electron chi connectivity index (χ0n) is 35.6. The van der Waals surface area contributed by atoms with Crippen LogP contribution in [0, 0.1) is 23.4 Å². The molecule has 19 heteroatoms. The third-order valence-corrected chi connectivity index (χ3v) is 11.9. The molecule has 0 spiro atoms. The standard InChI is InChI=1S/C46H48F3N11O5/c1-65-33-10-11-35(37(47)24-33)45(64)53-31-8-6-30(7-9-31)52-42-39(49)27-51-46(56-42)54-32-4-2-29(3-5-32)43(62)57-60-18-15-28(16-19-60)14-17-58-20-22-59(23-21-58)40-25-38(48)36(26-50-40)34-12-13-41(61)55-44(34)63/h2-11,24-28,34H,12-23H2,1H3,(H,53,64)(H,57,62)(H,55,61,63)(H2,51,52,54,56). The summed E-state index contributed by atoms with van der Waals surface area (Å²) in [5.41, 5.74) is 5.02. The number of nitrogens with one attached hydrogen (secondary N) is 5. The molecule has 3 aromatic carbocycles. The van der Waals surface area contributed by atoms with Gasteiger partial charge in [-0.3, -0.25) is 34.8 Å². The van der Waals surface area contributed by atoms with E-state index in [4.69, 9.17) is 4.74 Å². The van der Waals surface area contributed by atoms with Crippen LogP contribution in [0.15, 0.2) is 85.2 Å². The number of hydrogen-bond acceptors (Lipinski definition) is 13. The lowest BCUT2D eigenvalue weighted by Crippen LogP contribution is -2.48. The molecule has 3 aliphatic heterocycles. The Balaban J connectivity index is 0.742. The largest absolute Gasteiger partial charge is 0.497 e. The molecule has 65 heavy (non-hydrogen) atoms. The highest BCUT2D eigenvalue weighted by Gasteiger charge is 2.31. The predicted molar refractivity (Wildman–Crippen MR) is 237 cm³/mol. The maximum atomic E-state index is 15.1. The molecular formula is C46H48F3N11O5. The summed E-state index contributed by atoms with van der Waals surface area (Å²) in [6.45, 7) is 5.51. The third kappa shape index (κ3) is 11.2. The molecule has 0 bridgehead atoms. The lowest BCUT2D eigenvalue weighted by molar-refractivity contribution is -0.134. The lowest BCUT2D eigenvalue weighted by Gasteiger charge is -2.37. The van der Waals surface area contributed by atoms with Gasteiger partial charge in [0.2, 0.25) is 17.8 Å². The van der Waals surface area contributed by atoms with Gasteiger partial charge in [0, 0.05) is 92.2 Å². The second-order valence-electron chi connectivity index (χ2n) is 16.2. The van der Waals surface area contributed by atoms with E-state index in [1.54, 1.807) is 48.5 Å². The van der Waals surface area contributed by atoms with E-state index < -0.39 is 35.2 Å². The van der Waals surface area contributed by atoms with Crippen molar-refractivity contribution in [2.24, 2.45) is 5.92 Å². The van der Waals surface area contributed by atoms with Crippen LogP contribution < -0.4 is 36.3 Å². The molecule has 5 N–H and O–H groups in total. The van der Waals surface area contributed by atoms with Crippen LogP contribution in [0.1, 0.15) is 64.3 Å². The van der Waals surface area contributed by atoms with E-state index >= 15 is 4.39 Å². The number of halogens is 3. The first-order valence-electron chi connectivity index (χ1n) is 21.4. The number of carbonyl (C=O) groups excluding carboxylic acids is 4. The Kier molecular flexibility index (Phi) is 13.8. The quantitative estimate of drug-likeness (QED) is 0.0804. The van der Waals surface area contributed by atoms with Crippen LogP contribution in [0.5, 0.6) is 5.75 Å². The van der Waals surface area contributed by atoms with Crippen molar-refractivity contribution in [2.45, 2.75) is 38.0 Å². The van der Waals surface area contributed by atoms with Gasteiger partial charge >= 0.3 is 0 Å². The van der Waals surface area contributed by atoms with Crippen LogP contribution in [0.25, 0.3) is 0 Å². The van der Waals surface area contributed by atoms with E-state index in [0.29, 0.717) is 53.2 Å². The number of imide groups is 1. The molecule has 1 atom stereocenters. The molecule has 0 radical (unpaired) electrons. The van der Waals surface area contributed by atoms with Gasteiger partial charge in [0.05, 0.1) is 24.8 Å². The molecule has 5 aromatic rings. The first-order chi connectivity index (χ1) is 31.5. The summed E-state index contributed by atoms with van der Waals surface area (Å²) in [4.78, 5) is 66.7. The Morgan fingerprint density at radius 1 is 0.769 bits per heavy atom. The van der Waals surface area contributed by atoms with Crippen LogP contribution in [-0.4, -0.2) is 101 Å². The van der Waals surface area contributed by atoms with Crippen molar-refractivity contribution in [1.82, 2.24) is 35.6 Å². The highest BCUT2D eigenvalue weighted by Crippen LogP contribution is 2.29. The smallest absolute Gasteiger partial charge is 0.265 e. The summed E-state index contributed by atoms with van der Waals surface area (Å²) in [6.07, 6.45) is 5.87. The van der Waals surface area contributed by atoms with Gasteiger partial charge in [-0.1, -0.05) is 0 Å². The maximum absolute atomic E-state index is 15.1. The van der Waals surface area contributed by atoms with Crippen molar-refractivity contribution in [3.63, 3.8) is 0 Å². The molecule has 0 saturated carbocycles. The zero-order valence-corrected chi connectivity index (χ0v) is 35.6. The SMILES string of the molecule is COc1ccc(C(=O)Nc2ccc(Nc3nc(Nc4ccc(C(=O)NN5CCC(CCN6CCN(c7cc(F)c(C8CCC(=O)NC8=O)cn7)CC6)CC5)cc4)ncc3F)cc2)c(F)c1. The van der Waals surface area contributed by atoms with Gasteiger partial charge in [-0.2, -0.15) is 4.98 Å².